The van der Waals surface area contributed by atoms with Crippen LogP contribution in [-0.2, 0) is 21.9 Å². The Hall–Kier alpha value is -2.55. The Morgan fingerprint density at radius 1 is 1.15 bits per heavy atom. The summed E-state index contributed by atoms with van der Waals surface area (Å²) in [7, 11) is -3.91. The first-order valence-electron chi connectivity index (χ1n) is 14.8. The lowest BCUT2D eigenvalue weighted by Gasteiger charge is -2.45. The Kier molecular flexibility index (Phi) is 7.62. The minimum Gasteiger partial charge on any atom is -0.490 e. The summed E-state index contributed by atoms with van der Waals surface area (Å²) in [5.74, 6) is 0.232. The van der Waals surface area contributed by atoms with Gasteiger partial charge in [0, 0.05) is 29.1 Å². The Labute approximate surface area is 248 Å². The summed E-state index contributed by atoms with van der Waals surface area (Å²) in [4.78, 5) is 15.6. The summed E-state index contributed by atoms with van der Waals surface area (Å²) in [5, 5.41) is 11.1. The van der Waals surface area contributed by atoms with Crippen LogP contribution in [0.1, 0.15) is 67.4 Å². The molecule has 6 atom stereocenters. The number of nitrogens with one attached hydrogen (secondary N) is 1. The predicted octanol–water partition coefficient (Wildman–Crippen LogP) is 5.24. The van der Waals surface area contributed by atoms with Crippen molar-refractivity contribution in [3.63, 3.8) is 0 Å². The molecule has 0 radical (unpaired) electrons. The van der Waals surface area contributed by atoms with Gasteiger partial charge < -0.3 is 14.7 Å². The number of allylic oxidation sites excluding steroid dienone is 1. The minimum atomic E-state index is -3.91. The van der Waals surface area contributed by atoms with E-state index < -0.39 is 27.3 Å². The van der Waals surface area contributed by atoms with E-state index in [1.807, 2.05) is 25.1 Å². The number of aryl methyl sites for hydroxylation is 1. The second-order valence-corrected chi connectivity index (χ2v) is 15.1. The van der Waals surface area contributed by atoms with Crippen LogP contribution >= 0.6 is 11.6 Å². The van der Waals surface area contributed by atoms with Crippen LogP contribution in [0, 0.1) is 17.8 Å². The Bertz CT molecular complexity index is 1480. The van der Waals surface area contributed by atoms with Gasteiger partial charge in [0.15, 0.2) is 0 Å². The standard InChI is InChI=1S/C32H39ClN2O5S/c1-20-5-3-7-29(36)26-11-8-24(26)17-35-18-32(14-4-6-22-15-25(33)10-12-27(22)32)19-40-30-13-9-23(16-28(30)35)31(37)34-41(38,39)21(20)2/h3,7,9-10,12-13,15-16,20-21,24,26,29,36H,4-6,8,11,14,17-19H2,1-2H3,(H,34,37)/b7-3+/t20-,21+,24-,26+,29-,32?/m0/s1. The molecule has 41 heavy (non-hydrogen) atoms. The van der Waals surface area contributed by atoms with Crippen LogP contribution in [0.25, 0.3) is 0 Å². The molecule has 6 rings (SSSR count). The molecule has 1 spiro atoms. The van der Waals surface area contributed by atoms with Crippen molar-refractivity contribution < 1.29 is 23.1 Å². The van der Waals surface area contributed by atoms with Gasteiger partial charge in [-0.3, -0.25) is 4.79 Å². The number of rotatable bonds is 0. The second kappa shape index (κ2) is 10.9. The highest BCUT2D eigenvalue weighted by molar-refractivity contribution is 7.90. The molecule has 2 heterocycles. The van der Waals surface area contributed by atoms with Crippen molar-refractivity contribution in [3.05, 3.63) is 70.3 Å². The molecule has 2 aliphatic carbocycles. The first-order valence-corrected chi connectivity index (χ1v) is 16.7. The largest absolute Gasteiger partial charge is 0.490 e. The highest BCUT2D eigenvalue weighted by Crippen LogP contribution is 2.46. The molecule has 0 aromatic heterocycles. The summed E-state index contributed by atoms with van der Waals surface area (Å²) in [6.45, 7) is 5.39. The van der Waals surface area contributed by atoms with E-state index in [9.17, 15) is 18.3 Å². The maximum atomic E-state index is 13.3. The average Bonchev–Trinajstić information content (AvgIpc) is 3.06. The van der Waals surface area contributed by atoms with Gasteiger partial charge in [-0.25, -0.2) is 13.1 Å². The molecule has 2 aliphatic heterocycles. The van der Waals surface area contributed by atoms with Crippen LogP contribution in [0.5, 0.6) is 5.75 Å². The third-order valence-corrected chi connectivity index (χ3v) is 12.2. The van der Waals surface area contributed by atoms with Crippen molar-refractivity contribution in [2.24, 2.45) is 17.8 Å². The average molecular weight is 599 g/mol. The number of sulfonamides is 1. The Morgan fingerprint density at radius 2 is 1.98 bits per heavy atom. The Morgan fingerprint density at radius 3 is 2.76 bits per heavy atom. The summed E-state index contributed by atoms with van der Waals surface area (Å²) >= 11 is 6.38. The topological polar surface area (TPSA) is 95.9 Å². The van der Waals surface area contributed by atoms with Gasteiger partial charge >= 0.3 is 0 Å². The number of nitrogens with zero attached hydrogens (tertiary/aromatic N) is 1. The van der Waals surface area contributed by atoms with E-state index in [0.29, 0.717) is 31.9 Å². The SMILES string of the molecule is C[C@@H]1[C@@H](C)C/C=C/[C@H](O)[C@@H]2CC[C@H]2CN2CC3(CCCc4cc(Cl)ccc43)COc3ccc(cc32)C(=O)NS1(=O)=O. The summed E-state index contributed by atoms with van der Waals surface area (Å²) < 4.78 is 35.1. The van der Waals surface area contributed by atoms with E-state index in [0.717, 1.165) is 42.8 Å². The van der Waals surface area contributed by atoms with E-state index in [2.05, 4.69) is 21.8 Å². The van der Waals surface area contributed by atoms with Crippen LogP contribution in [0.4, 0.5) is 5.69 Å². The molecule has 2 aromatic carbocycles. The van der Waals surface area contributed by atoms with Gasteiger partial charge in [-0.05, 0) is 105 Å². The number of hydrogen-bond acceptors (Lipinski definition) is 6. The van der Waals surface area contributed by atoms with Crippen LogP contribution < -0.4 is 14.4 Å². The van der Waals surface area contributed by atoms with E-state index in [1.54, 1.807) is 25.1 Å². The number of halogens is 1. The third-order valence-electron chi connectivity index (χ3n) is 10.0. The molecule has 2 N–H and O–H groups in total. The molecule has 0 saturated heterocycles. The maximum absolute atomic E-state index is 13.3. The lowest BCUT2D eigenvalue weighted by Crippen LogP contribution is -2.49. The number of aliphatic hydroxyl groups excluding tert-OH is 1. The van der Waals surface area contributed by atoms with Crippen molar-refractivity contribution in [2.75, 3.05) is 24.6 Å². The quantitative estimate of drug-likeness (QED) is 0.403. The highest BCUT2D eigenvalue weighted by atomic mass is 35.5. The van der Waals surface area contributed by atoms with Gasteiger partial charge in [-0.2, -0.15) is 0 Å². The molecular formula is C32H39ClN2O5S. The van der Waals surface area contributed by atoms with Gasteiger partial charge in [-0.15, -0.1) is 0 Å². The fourth-order valence-corrected chi connectivity index (χ4v) is 8.64. The van der Waals surface area contributed by atoms with Crippen LogP contribution in [0.15, 0.2) is 48.6 Å². The number of fused-ring (bicyclic) bond motifs is 4. The zero-order valence-electron chi connectivity index (χ0n) is 23.7. The van der Waals surface area contributed by atoms with Crippen molar-refractivity contribution in [3.8, 4) is 5.75 Å². The third kappa shape index (κ3) is 5.39. The molecule has 4 aliphatic rings. The number of anilines is 1. The van der Waals surface area contributed by atoms with E-state index in [1.165, 1.54) is 11.1 Å². The molecule has 2 bridgehead atoms. The number of hydrogen-bond donors (Lipinski definition) is 2. The first-order chi connectivity index (χ1) is 19.6. The molecule has 220 valence electrons. The summed E-state index contributed by atoms with van der Waals surface area (Å²) in [5.41, 5.74) is 3.33. The first kappa shape index (κ1) is 28.6. The fraction of sp³-hybridized carbons (Fsp3) is 0.531. The smallest absolute Gasteiger partial charge is 0.264 e. The van der Waals surface area contributed by atoms with Crippen LogP contribution in [0.3, 0.4) is 0 Å². The number of carbonyl (C=O) groups is 1. The van der Waals surface area contributed by atoms with Gasteiger partial charge in [0.1, 0.15) is 5.75 Å². The molecule has 1 saturated carbocycles. The number of ether oxygens (including phenoxy) is 1. The van der Waals surface area contributed by atoms with Crippen molar-refractivity contribution >= 4 is 33.2 Å². The van der Waals surface area contributed by atoms with Crippen LogP contribution in [0.2, 0.25) is 5.02 Å². The minimum absolute atomic E-state index is 0.128. The van der Waals surface area contributed by atoms with Crippen molar-refractivity contribution in [1.29, 1.82) is 0 Å². The van der Waals surface area contributed by atoms with E-state index in [-0.39, 0.29) is 28.7 Å². The molecule has 1 fully saturated rings. The molecule has 9 heteroatoms. The number of benzene rings is 2. The summed E-state index contributed by atoms with van der Waals surface area (Å²) in [6, 6.07) is 11.4. The lowest BCUT2D eigenvalue weighted by molar-refractivity contribution is 0.0456. The van der Waals surface area contributed by atoms with Gasteiger partial charge in [0.2, 0.25) is 10.0 Å². The van der Waals surface area contributed by atoms with E-state index >= 15 is 0 Å². The summed E-state index contributed by atoms with van der Waals surface area (Å²) in [6.07, 6.45) is 8.58. The fourth-order valence-electron chi connectivity index (χ4n) is 7.16. The van der Waals surface area contributed by atoms with Gasteiger partial charge in [0.25, 0.3) is 5.91 Å². The molecule has 7 nitrogen and oxygen atoms in total. The van der Waals surface area contributed by atoms with Crippen molar-refractivity contribution in [1.82, 2.24) is 4.72 Å². The zero-order valence-corrected chi connectivity index (χ0v) is 25.3. The molecular weight excluding hydrogens is 560 g/mol. The number of carbonyl (C=O) groups excluding carboxylic acids is 1. The maximum Gasteiger partial charge on any atom is 0.264 e. The molecule has 1 unspecified atom stereocenters. The second-order valence-electron chi connectivity index (χ2n) is 12.6. The number of amides is 1. The highest BCUT2D eigenvalue weighted by Gasteiger charge is 2.44. The van der Waals surface area contributed by atoms with Gasteiger partial charge in [0.05, 0.1) is 23.6 Å². The van der Waals surface area contributed by atoms with E-state index in [4.69, 9.17) is 16.3 Å². The molecule has 2 aromatic rings. The zero-order chi connectivity index (χ0) is 28.9. The monoisotopic (exact) mass is 598 g/mol. The lowest BCUT2D eigenvalue weighted by atomic mass is 9.68. The van der Waals surface area contributed by atoms with Gasteiger partial charge in [-0.1, -0.05) is 36.7 Å². The normalized spacial score (nSPS) is 33.8. The molecule has 1 amide bonds. The van der Waals surface area contributed by atoms with Crippen molar-refractivity contribution in [2.45, 2.75) is 69.1 Å². The Balaban J connectivity index is 1.42. The van der Waals surface area contributed by atoms with Crippen LogP contribution in [-0.4, -0.2) is 50.5 Å². The predicted molar refractivity (Wildman–Crippen MR) is 161 cm³/mol. The number of aliphatic hydroxyl groups is 1.